The molecule has 0 amide bonds. The van der Waals surface area contributed by atoms with Crippen LogP contribution in [0.4, 0.5) is 8.78 Å². The molecule has 0 saturated heterocycles. The Morgan fingerprint density at radius 2 is 1.81 bits per heavy atom. The molecule has 4 nitrogen and oxygen atoms in total. The molecule has 112 valence electrons. The van der Waals surface area contributed by atoms with Crippen molar-refractivity contribution in [2.75, 3.05) is 0 Å². The summed E-state index contributed by atoms with van der Waals surface area (Å²) < 4.78 is 29.9. The van der Waals surface area contributed by atoms with Crippen LogP contribution in [0.15, 0.2) is 34.0 Å². The van der Waals surface area contributed by atoms with E-state index >= 15 is 0 Å². The first-order valence-corrected chi connectivity index (χ1v) is 7.46. The monoisotopic (exact) mass is 406 g/mol. The fraction of sp³-hybridized carbons (Fsp3) is 0.286. The quantitative estimate of drug-likeness (QED) is 0.732. The summed E-state index contributed by atoms with van der Waals surface area (Å²) >= 11 is 1.81. The minimum absolute atomic E-state index is 0.290. The molecule has 1 heterocycles. The number of hydrogen-bond acceptors (Lipinski definition) is 2. The molecular weight excluding hydrogens is 393 g/mol. The second-order valence-electron chi connectivity index (χ2n) is 4.54. The maximum absolute atomic E-state index is 13.7. The van der Waals surface area contributed by atoms with Crippen LogP contribution < -0.4 is 11.2 Å². The maximum atomic E-state index is 13.7. The predicted octanol–water partition coefficient (Wildman–Crippen LogP) is 2.35. The summed E-state index contributed by atoms with van der Waals surface area (Å²) in [4.78, 5) is 24.3. The van der Waals surface area contributed by atoms with Gasteiger partial charge in [-0.15, -0.1) is 0 Å². The van der Waals surface area contributed by atoms with Crippen molar-refractivity contribution in [1.29, 1.82) is 0 Å². The Balaban J connectivity index is 2.59. The molecule has 0 fully saturated rings. The zero-order valence-electron chi connectivity index (χ0n) is 11.3. The Bertz CT molecular complexity index is 763. The third-order valence-corrected chi connectivity index (χ3v) is 3.78. The van der Waals surface area contributed by atoms with Crippen LogP contribution in [0.3, 0.4) is 0 Å². The Morgan fingerprint density at radius 3 is 2.38 bits per heavy atom. The van der Waals surface area contributed by atoms with Crippen LogP contribution in [0.5, 0.6) is 0 Å². The number of rotatable bonds is 4. The smallest absolute Gasteiger partial charge is 0.299 e. The first-order chi connectivity index (χ1) is 9.95. The highest BCUT2D eigenvalue weighted by Crippen LogP contribution is 2.12. The molecule has 0 aliphatic rings. The fourth-order valence-corrected chi connectivity index (χ4v) is 2.63. The molecule has 0 aliphatic heterocycles. The molecule has 0 bridgehead atoms. The topological polar surface area (TPSA) is 44.0 Å². The first-order valence-electron chi connectivity index (χ1n) is 6.38. The lowest BCUT2D eigenvalue weighted by Crippen LogP contribution is -2.41. The van der Waals surface area contributed by atoms with Crippen LogP contribution in [0.25, 0.3) is 0 Å². The van der Waals surface area contributed by atoms with E-state index in [2.05, 4.69) is 0 Å². The molecule has 0 atom stereocenters. The van der Waals surface area contributed by atoms with Crippen molar-refractivity contribution in [1.82, 2.24) is 9.13 Å². The van der Waals surface area contributed by atoms with E-state index in [1.54, 1.807) is 0 Å². The van der Waals surface area contributed by atoms with E-state index < -0.39 is 29.4 Å². The first kappa shape index (κ1) is 15.9. The third-order valence-electron chi connectivity index (χ3n) is 3.04. The van der Waals surface area contributed by atoms with E-state index in [4.69, 9.17) is 0 Å². The number of aryl methyl sites for hydroxylation is 1. The second-order valence-corrected chi connectivity index (χ2v) is 5.71. The van der Waals surface area contributed by atoms with Gasteiger partial charge < -0.3 is 0 Å². The largest absolute Gasteiger partial charge is 0.331 e. The number of hydrogen-bond donors (Lipinski definition) is 0. The molecule has 0 radical (unpaired) electrons. The van der Waals surface area contributed by atoms with Gasteiger partial charge in [-0.2, -0.15) is 0 Å². The summed E-state index contributed by atoms with van der Waals surface area (Å²) in [6.07, 6.45) is 2.17. The molecule has 7 heteroatoms. The van der Waals surface area contributed by atoms with Gasteiger partial charge in [-0.05, 0) is 41.1 Å². The van der Waals surface area contributed by atoms with Crippen molar-refractivity contribution in [3.8, 4) is 0 Å². The second kappa shape index (κ2) is 6.50. The van der Waals surface area contributed by atoms with Crippen molar-refractivity contribution in [3.63, 3.8) is 0 Å². The summed E-state index contributed by atoms with van der Waals surface area (Å²) in [5.41, 5.74) is -1.40. The average molecular weight is 406 g/mol. The Labute approximate surface area is 133 Å². The molecular formula is C14H13F2IN2O2. The minimum atomic E-state index is -0.776. The summed E-state index contributed by atoms with van der Waals surface area (Å²) in [7, 11) is 0. The van der Waals surface area contributed by atoms with Crippen LogP contribution in [-0.2, 0) is 13.1 Å². The Kier molecular flexibility index (Phi) is 4.92. The van der Waals surface area contributed by atoms with Gasteiger partial charge in [-0.25, -0.2) is 13.6 Å². The summed E-state index contributed by atoms with van der Waals surface area (Å²) in [5.74, 6) is -1.55. The number of aromatic nitrogens is 2. The van der Waals surface area contributed by atoms with Crippen molar-refractivity contribution >= 4 is 22.6 Å². The van der Waals surface area contributed by atoms with Gasteiger partial charge in [-0.1, -0.05) is 13.0 Å². The van der Waals surface area contributed by atoms with Gasteiger partial charge >= 0.3 is 5.69 Å². The molecule has 2 aromatic rings. The van der Waals surface area contributed by atoms with Crippen molar-refractivity contribution in [3.05, 3.63) is 66.0 Å². The molecule has 2 rings (SSSR count). The Hall–Kier alpha value is -1.51. The molecule has 1 aromatic heterocycles. The normalized spacial score (nSPS) is 10.9. The van der Waals surface area contributed by atoms with Gasteiger partial charge in [0.15, 0.2) is 0 Å². The van der Waals surface area contributed by atoms with Gasteiger partial charge in [-0.3, -0.25) is 13.9 Å². The number of benzene rings is 1. The zero-order chi connectivity index (χ0) is 15.6. The standard InChI is InChI=1S/C14H13F2IN2O2/c1-2-6-18-8-12(17)13(20)19(14(18)21)7-9-10(15)4-3-5-11(9)16/h3-5,8H,2,6-7H2,1H3. The summed E-state index contributed by atoms with van der Waals surface area (Å²) in [6, 6.07) is 3.44. The SMILES string of the molecule is CCCn1cc(I)c(=O)n(Cc2c(F)cccc2F)c1=O. The van der Waals surface area contributed by atoms with Gasteiger partial charge in [0.2, 0.25) is 0 Å². The van der Waals surface area contributed by atoms with Crippen LogP contribution in [0.1, 0.15) is 18.9 Å². The van der Waals surface area contributed by atoms with Gasteiger partial charge in [0.1, 0.15) is 11.6 Å². The van der Waals surface area contributed by atoms with Crippen LogP contribution >= 0.6 is 22.6 Å². The lowest BCUT2D eigenvalue weighted by molar-refractivity contribution is 0.517. The maximum Gasteiger partial charge on any atom is 0.331 e. The number of halogens is 3. The molecule has 1 aromatic carbocycles. The third kappa shape index (κ3) is 3.22. The van der Waals surface area contributed by atoms with E-state index in [-0.39, 0.29) is 5.56 Å². The molecule has 21 heavy (non-hydrogen) atoms. The lowest BCUT2D eigenvalue weighted by Gasteiger charge is -2.11. The molecule has 0 saturated carbocycles. The van der Waals surface area contributed by atoms with Crippen molar-refractivity contribution < 1.29 is 8.78 Å². The summed E-state index contributed by atoms with van der Waals surface area (Å²) in [5, 5.41) is 0. The molecule has 0 N–H and O–H groups in total. The van der Waals surface area contributed by atoms with Crippen LogP contribution in [-0.4, -0.2) is 9.13 Å². The van der Waals surface area contributed by atoms with E-state index in [9.17, 15) is 18.4 Å². The lowest BCUT2D eigenvalue weighted by atomic mass is 10.2. The Morgan fingerprint density at radius 1 is 1.19 bits per heavy atom. The highest BCUT2D eigenvalue weighted by Gasteiger charge is 2.14. The molecule has 0 aliphatic carbocycles. The highest BCUT2D eigenvalue weighted by molar-refractivity contribution is 14.1. The van der Waals surface area contributed by atoms with E-state index in [1.807, 2.05) is 29.5 Å². The van der Waals surface area contributed by atoms with Crippen LogP contribution in [0, 0.1) is 15.2 Å². The number of nitrogens with zero attached hydrogens (tertiary/aromatic N) is 2. The van der Waals surface area contributed by atoms with E-state index in [0.29, 0.717) is 16.5 Å². The van der Waals surface area contributed by atoms with Crippen LogP contribution in [0.2, 0.25) is 0 Å². The molecule has 0 spiro atoms. The fourth-order valence-electron chi connectivity index (χ4n) is 2.00. The average Bonchev–Trinajstić information content (AvgIpc) is 2.44. The van der Waals surface area contributed by atoms with Gasteiger partial charge in [0.25, 0.3) is 5.56 Å². The van der Waals surface area contributed by atoms with Gasteiger partial charge in [0, 0.05) is 18.3 Å². The van der Waals surface area contributed by atoms with Gasteiger partial charge in [0.05, 0.1) is 10.1 Å². The van der Waals surface area contributed by atoms with E-state index in [0.717, 1.165) is 16.7 Å². The highest BCUT2D eigenvalue weighted by atomic mass is 127. The van der Waals surface area contributed by atoms with Crippen molar-refractivity contribution in [2.24, 2.45) is 0 Å². The minimum Gasteiger partial charge on any atom is -0.299 e. The molecule has 0 unspecified atom stereocenters. The zero-order valence-corrected chi connectivity index (χ0v) is 13.4. The van der Waals surface area contributed by atoms with E-state index in [1.165, 1.54) is 16.8 Å². The predicted molar refractivity (Wildman–Crippen MR) is 83.4 cm³/mol. The van der Waals surface area contributed by atoms with Crippen molar-refractivity contribution in [2.45, 2.75) is 26.4 Å². The summed E-state index contributed by atoms with van der Waals surface area (Å²) in [6.45, 7) is 1.91.